The van der Waals surface area contributed by atoms with Crippen LogP contribution in [0, 0.1) is 0 Å². The van der Waals surface area contributed by atoms with Gasteiger partial charge in [0.05, 0.1) is 7.11 Å². The van der Waals surface area contributed by atoms with Gasteiger partial charge in [-0.25, -0.2) is 0 Å². The van der Waals surface area contributed by atoms with Crippen molar-refractivity contribution in [2.24, 2.45) is 0 Å². The second kappa shape index (κ2) is 6.60. The molecular formula is C18H18ClNO3. The van der Waals surface area contributed by atoms with Gasteiger partial charge in [-0.3, -0.25) is 9.69 Å². The number of hydrogen-bond acceptors (Lipinski definition) is 3. The fraction of sp³-hybridized carbons (Fsp3) is 0.278. The smallest absolute Gasteiger partial charge is 0.321 e. The van der Waals surface area contributed by atoms with E-state index >= 15 is 0 Å². The molecule has 2 aromatic rings. The molecule has 0 aromatic heterocycles. The van der Waals surface area contributed by atoms with E-state index in [0.29, 0.717) is 24.5 Å². The van der Waals surface area contributed by atoms with Crippen LogP contribution in [0.3, 0.4) is 0 Å². The van der Waals surface area contributed by atoms with Gasteiger partial charge in [-0.15, -0.1) is 0 Å². The van der Waals surface area contributed by atoms with Gasteiger partial charge in [-0.2, -0.15) is 0 Å². The molecule has 4 nitrogen and oxygen atoms in total. The maximum absolute atomic E-state index is 11.6. The zero-order valence-corrected chi connectivity index (χ0v) is 13.6. The summed E-state index contributed by atoms with van der Waals surface area (Å²) in [5.41, 5.74) is 3.22. The second-order valence-electron chi connectivity index (χ2n) is 5.72. The van der Waals surface area contributed by atoms with Crippen molar-refractivity contribution in [3.63, 3.8) is 0 Å². The third-order valence-corrected chi connectivity index (χ3v) is 4.46. The van der Waals surface area contributed by atoms with Gasteiger partial charge in [0.2, 0.25) is 0 Å². The summed E-state index contributed by atoms with van der Waals surface area (Å²) in [5, 5.41) is 10.2. The van der Waals surface area contributed by atoms with Crippen molar-refractivity contribution < 1.29 is 14.6 Å². The number of methoxy groups -OCH3 is 1. The molecule has 0 radical (unpaired) electrons. The molecule has 1 unspecified atom stereocenters. The van der Waals surface area contributed by atoms with E-state index < -0.39 is 12.0 Å². The molecule has 0 amide bonds. The Balaban J connectivity index is 1.84. The molecule has 1 atom stereocenters. The van der Waals surface area contributed by atoms with Crippen LogP contribution in [0.15, 0.2) is 42.5 Å². The largest absolute Gasteiger partial charge is 0.497 e. The number of rotatable bonds is 4. The molecule has 1 N–H and O–H groups in total. The summed E-state index contributed by atoms with van der Waals surface area (Å²) in [5.74, 6) is -0.00146. The maximum Gasteiger partial charge on any atom is 0.321 e. The average molecular weight is 332 g/mol. The summed E-state index contributed by atoms with van der Waals surface area (Å²) >= 11 is 6.07. The van der Waals surface area contributed by atoms with E-state index in [4.69, 9.17) is 16.3 Å². The van der Waals surface area contributed by atoms with Gasteiger partial charge >= 0.3 is 5.97 Å². The summed E-state index contributed by atoms with van der Waals surface area (Å²) in [6.45, 7) is 1.16. The average Bonchev–Trinajstić information content (AvgIpc) is 2.54. The SMILES string of the molecule is COc1ccc(CN2Cc3cc(Cl)ccc3CC2C(=O)O)cc1. The first-order chi connectivity index (χ1) is 11.1. The van der Waals surface area contributed by atoms with Gasteiger partial charge in [0.25, 0.3) is 0 Å². The molecule has 2 aromatic carbocycles. The molecule has 0 saturated carbocycles. The third-order valence-electron chi connectivity index (χ3n) is 4.23. The molecule has 0 bridgehead atoms. The van der Waals surface area contributed by atoms with Crippen LogP contribution in [0.5, 0.6) is 5.75 Å². The summed E-state index contributed by atoms with van der Waals surface area (Å²) < 4.78 is 5.16. The van der Waals surface area contributed by atoms with Crippen molar-refractivity contribution in [2.75, 3.05) is 7.11 Å². The lowest BCUT2D eigenvalue weighted by atomic mass is 9.93. The number of halogens is 1. The lowest BCUT2D eigenvalue weighted by molar-refractivity contribution is -0.144. The number of carboxylic acid groups (broad SMARTS) is 1. The van der Waals surface area contributed by atoms with E-state index in [9.17, 15) is 9.90 Å². The zero-order valence-electron chi connectivity index (χ0n) is 12.8. The Morgan fingerprint density at radius 2 is 2.00 bits per heavy atom. The van der Waals surface area contributed by atoms with Gasteiger partial charge < -0.3 is 9.84 Å². The van der Waals surface area contributed by atoms with Crippen LogP contribution < -0.4 is 4.74 Å². The van der Waals surface area contributed by atoms with Crippen LogP contribution in [0.1, 0.15) is 16.7 Å². The molecule has 0 spiro atoms. The van der Waals surface area contributed by atoms with Gasteiger partial charge in [0, 0.05) is 18.1 Å². The Bertz CT molecular complexity index is 715. The van der Waals surface area contributed by atoms with Crippen LogP contribution in [-0.4, -0.2) is 29.1 Å². The Morgan fingerprint density at radius 3 is 2.65 bits per heavy atom. The highest BCUT2D eigenvalue weighted by Crippen LogP contribution is 2.27. The number of fused-ring (bicyclic) bond motifs is 1. The van der Waals surface area contributed by atoms with E-state index in [-0.39, 0.29) is 0 Å². The lowest BCUT2D eigenvalue weighted by Crippen LogP contribution is -2.45. The number of ether oxygens (including phenoxy) is 1. The highest BCUT2D eigenvalue weighted by molar-refractivity contribution is 6.30. The molecule has 1 aliphatic rings. The van der Waals surface area contributed by atoms with E-state index in [1.807, 2.05) is 47.4 Å². The van der Waals surface area contributed by atoms with Crippen LogP contribution in [0.4, 0.5) is 0 Å². The predicted molar refractivity (Wildman–Crippen MR) is 88.8 cm³/mol. The molecule has 23 heavy (non-hydrogen) atoms. The summed E-state index contributed by atoms with van der Waals surface area (Å²) in [6, 6.07) is 12.9. The van der Waals surface area contributed by atoms with Crippen LogP contribution in [-0.2, 0) is 24.3 Å². The molecule has 120 valence electrons. The number of nitrogens with zero attached hydrogens (tertiary/aromatic N) is 1. The molecule has 3 rings (SSSR count). The normalized spacial score (nSPS) is 17.6. The van der Waals surface area contributed by atoms with Crippen molar-refractivity contribution >= 4 is 17.6 Å². The molecular weight excluding hydrogens is 314 g/mol. The standard InChI is InChI=1S/C18H18ClNO3/c1-23-16-6-2-12(3-7-16)10-20-11-14-8-15(19)5-4-13(14)9-17(20)18(21)22/h2-8,17H,9-11H2,1H3,(H,21,22). The molecule has 1 aliphatic heterocycles. The number of aliphatic carboxylic acids is 1. The van der Waals surface area contributed by atoms with Gasteiger partial charge in [0.1, 0.15) is 11.8 Å². The van der Waals surface area contributed by atoms with E-state index in [1.54, 1.807) is 7.11 Å². The number of hydrogen-bond donors (Lipinski definition) is 1. The van der Waals surface area contributed by atoms with E-state index in [0.717, 1.165) is 22.4 Å². The van der Waals surface area contributed by atoms with Crippen LogP contribution in [0.2, 0.25) is 5.02 Å². The molecule has 0 fully saturated rings. The predicted octanol–water partition coefficient (Wildman–Crippen LogP) is 3.36. The Labute approximate surface area is 140 Å². The summed E-state index contributed by atoms with van der Waals surface area (Å²) in [6.07, 6.45) is 0.498. The Hall–Kier alpha value is -2.04. The Kier molecular flexibility index (Phi) is 4.55. The number of carboxylic acids is 1. The van der Waals surface area contributed by atoms with Crippen molar-refractivity contribution in [3.05, 3.63) is 64.2 Å². The Morgan fingerprint density at radius 1 is 1.26 bits per heavy atom. The molecule has 5 heteroatoms. The summed E-state index contributed by atoms with van der Waals surface area (Å²) in [7, 11) is 1.63. The first kappa shape index (κ1) is 15.8. The molecule has 1 heterocycles. The fourth-order valence-corrected chi connectivity index (χ4v) is 3.18. The van der Waals surface area contributed by atoms with Crippen molar-refractivity contribution in [3.8, 4) is 5.75 Å². The number of carbonyl (C=O) groups is 1. The maximum atomic E-state index is 11.6. The molecule has 0 aliphatic carbocycles. The lowest BCUT2D eigenvalue weighted by Gasteiger charge is -2.34. The van der Waals surface area contributed by atoms with Crippen molar-refractivity contribution in [1.29, 1.82) is 0 Å². The number of benzene rings is 2. The monoisotopic (exact) mass is 331 g/mol. The first-order valence-electron chi connectivity index (χ1n) is 7.44. The van der Waals surface area contributed by atoms with Gasteiger partial charge in [-0.1, -0.05) is 29.8 Å². The van der Waals surface area contributed by atoms with Crippen LogP contribution >= 0.6 is 11.6 Å². The minimum absolute atomic E-state index is 0.498. The topological polar surface area (TPSA) is 49.8 Å². The fourth-order valence-electron chi connectivity index (χ4n) is 2.98. The third kappa shape index (κ3) is 3.49. The highest BCUT2D eigenvalue weighted by Gasteiger charge is 2.31. The zero-order chi connectivity index (χ0) is 16.4. The van der Waals surface area contributed by atoms with E-state index in [2.05, 4.69) is 0 Å². The van der Waals surface area contributed by atoms with Crippen LogP contribution in [0.25, 0.3) is 0 Å². The van der Waals surface area contributed by atoms with Crippen molar-refractivity contribution in [1.82, 2.24) is 4.90 Å². The summed E-state index contributed by atoms with van der Waals surface area (Å²) in [4.78, 5) is 13.6. The van der Waals surface area contributed by atoms with Gasteiger partial charge in [-0.05, 0) is 47.4 Å². The first-order valence-corrected chi connectivity index (χ1v) is 7.81. The quantitative estimate of drug-likeness (QED) is 0.933. The molecule has 0 saturated heterocycles. The minimum atomic E-state index is -0.792. The second-order valence-corrected chi connectivity index (χ2v) is 6.16. The minimum Gasteiger partial charge on any atom is -0.497 e. The van der Waals surface area contributed by atoms with Crippen molar-refractivity contribution in [2.45, 2.75) is 25.6 Å². The highest BCUT2D eigenvalue weighted by atomic mass is 35.5. The van der Waals surface area contributed by atoms with E-state index in [1.165, 1.54) is 0 Å². The van der Waals surface area contributed by atoms with Gasteiger partial charge in [0.15, 0.2) is 0 Å².